The SMILES string of the molecule is CNC1CCCc2nc(C3CCc4ccccc43)sc21. The molecule has 0 aliphatic heterocycles. The van der Waals surface area contributed by atoms with Crippen LogP contribution in [-0.4, -0.2) is 12.0 Å². The highest BCUT2D eigenvalue weighted by molar-refractivity contribution is 7.12. The Morgan fingerprint density at radius 1 is 1.20 bits per heavy atom. The fourth-order valence-electron chi connectivity index (χ4n) is 3.68. The molecule has 0 radical (unpaired) electrons. The molecular formula is C17H20N2S. The number of aryl methyl sites for hydroxylation is 2. The second-order valence-corrected chi connectivity index (χ2v) is 6.95. The fourth-order valence-corrected chi connectivity index (χ4v) is 5.09. The lowest BCUT2D eigenvalue weighted by molar-refractivity contribution is 0.500. The van der Waals surface area contributed by atoms with E-state index in [9.17, 15) is 0 Å². The van der Waals surface area contributed by atoms with Crippen molar-refractivity contribution in [3.8, 4) is 0 Å². The van der Waals surface area contributed by atoms with Gasteiger partial charge in [-0.1, -0.05) is 24.3 Å². The molecular weight excluding hydrogens is 264 g/mol. The first-order valence-electron chi connectivity index (χ1n) is 7.61. The van der Waals surface area contributed by atoms with Crippen LogP contribution in [0, 0.1) is 0 Å². The van der Waals surface area contributed by atoms with Gasteiger partial charge in [0.05, 0.1) is 5.69 Å². The van der Waals surface area contributed by atoms with Gasteiger partial charge in [-0.2, -0.15) is 0 Å². The molecule has 3 heteroatoms. The van der Waals surface area contributed by atoms with Crippen LogP contribution in [0.3, 0.4) is 0 Å². The first-order valence-corrected chi connectivity index (χ1v) is 8.43. The normalized spacial score (nSPS) is 24.4. The van der Waals surface area contributed by atoms with Gasteiger partial charge in [-0.3, -0.25) is 0 Å². The quantitative estimate of drug-likeness (QED) is 0.907. The third-order valence-corrected chi connectivity index (χ3v) is 6.07. The zero-order valence-corrected chi connectivity index (χ0v) is 12.7. The Bertz CT molecular complexity index is 632. The zero-order chi connectivity index (χ0) is 13.5. The number of rotatable bonds is 2. The van der Waals surface area contributed by atoms with Gasteiger partial charge >= 0.3 is 0 Å². The molecule has 2 aromatic rings. The number of aromatic nitrogens is 1. The van der Waals surface area contributed by atoms with Crippen molar-refractivity contribution in [2.24, 2.45) is 0 Å². The van der Waals surface area contributed by atoms with Crippen molar-refractivity contribution in [1.29, 1.82) is 0 Å². The molecule has 2 nitrogen and oxygen atoms in total. The molecule has 104 valence electrons. The van der Waals surface area contributed by atoms with E-state index in [-0.39, 0.29) is 0 Å². The maximum Gasteiger partial charge on any atom is 0.101 e. The van der Waals surface area contributed by atoms with Crippen LogP contribution < -0.4 is 5.32 Å². The summed E-state index contributed by atoms with van der Waals surface area (Å²) in [6, 6.07) is 9.43. The summed E-state index contributed by atoms with van der Waals surface area (Å²) < 4.78 is 0. The highest BCUT2D eigenvalue weighted by Gasteiger charge is 2.30. The average molecular weight is 284 g/mol. The lowest BCUT2D eigenvalue weighted by atomic mass is 9.98. The molecule has 20 heavy (non-hydrogen) atoms. The maximum absolute atomic E-state index is 5.01. The van der Waals surface area contributed by atoms with Crippen LogP contribution in [0.2, 0.25) is 0 Å². The van der Waals surface area contributed by atoms with Crippen LogP contribution in [-0.2, 0) is 12.8 Å². The van der Waals surface area contributed by atoms with E-state index in [4.69, 9.17) is 4.98 Å². The predicted octanol–water partition coefficient (Wildman–Crippen LogP) is 3.82. The molecule has 2 aliphatic carbocycles. The van der Waals surface area contributed by atoms with Crippen molar-refractivity contribution in [1.82, 2.24) is 10.3 Å². The molecule has 0 amide bonds. The van der Waals surface area contributed by atoms with Crippen molar-refractivity contribution in [2.75, 3.05) is 7.05 Å². The fraction of sp³-hybridized carbons (Fsp3) is 0.471. The van der Waals surface area contributed by atoms with E-state index >= 15 is 0 Å². The monoisotopic (exact) mass is 284 g/mol. The number of hydrogen-bond acceptors (Lipinski definition) is 3. The van der Waals surface area contributed by atoms with Gasteiger partial charge in [0, 0.05) is 16.8 Å². The smallest absolute Gasteiger partial charge is 0.101 e. The molecule has 1 aromatic carbocycles. The average Bonchev–Trinajstić information content (AvgIpc) is 3.10. The Labute approximate surface area is 124 Å². The van der Waals surface area contributed by atoms with E-state index in [1.165, 1.54) is 58.8 Å². The van der Waals surface area contributed by atoms with E-state index in [1.54, 1.807) is 0 Å². The first-order chi connectivity index (χ1) is 9.86. The van der Waals surface area contributed by atoms with E-state index in [1.807, 2.05) is 11.3 Å². The summed E-state index contributed by atoms with van der Waals surface area (Å²) in [4.78, 5) is 6.51. The van der Waals surface area contributed by atoms with Crippen LogP contribution in [0.25, 0.3) is 0 Å². The standard InChI is InChI=1S/C17H20N2S/c1-18-14-7-4-8-15-16(14)20-17(19-15)13-10-9-11-5-2-3-6-12(11)13/h2-3,5-6,13-14,18H,4,7-10H2,1H3. The van der Waals surface area contributed by atoms with Crippen molar-refractivity contribution in [3.05, 3.63) is 51.0 Å². The molecule has 2 aliphatic rings. The number of benzene rings is 1. The number of hydrogen-bond donors (Lipinski definition) is 1. The maximum atomic E-state index is 5.01. The summed E-state index contributed by atoms with van der Waals surface area (Å²) in [5.41, 5.74) is 4.40. The van der Waals surface area contributed by atoms with Crippen LogP contribution in [0.5, 0.6) is 0 Å². The highest BCUT2D eigenvalue weighted by atomic mass is 32.1. The Balaban J connectivity index is 1.73. The molecule has 0 saturated carbocycles. The lowest BCUT2D eigenvalue weighted by Crippen LogP contribution is -2.19. The number of nitrogens with zero attached hydrogens (tertiary/aromatic N) is 1. The number of fused-ring (bicyclic) bond motifs is 2. The van der Waals surface area contributed by atoms with Gasteiger partial charge in [0.1, 0.15) is 5.01 Å². The Hall–Kier alpha value is -1.19. The van der Waals surface area contributed by atoms with Gasteiger partial charge in [-0.25, -0.2) is 4.98 Å². The molecule has 0 bridgehead atoms. The van der Waals surface area contributed by atoms with E-state index in [0.717, 1.165) is 0 Å². The highest BCUT2D eigenvalue weighted by Crippen LogP contribution is 2.43. The van der Waals surface area contributed by atoms with Gasteiger partial charge in [-0.15, -0.1) is 11.3 Å². The van der Waals surface area contributed by atoms with Crippen LogP contribution in [0.1, 0.15) is 57.9 Å². The van der Waals surface area contributed by atoms with Gasteiger partial charge in [0.2, 0.25) is 0 Å². The second kappa shape index (κ2) is 4.97. The summed E-state index contributed by atoms with van der Waals surface area (Å²) in [5.74, 6) is 0.541. The molecule has 2 atom stereocenters. The summed E-state index contributed by atoms with van der Waals surface area (Å²) in [5, 5.41) is 4.80. The van der Waals surface area contributed by atoms with Crippen molar-refractivity contribution in [2.45, 2.75) is 44.1 Å². The van der Waals surface area contributed by atoms with Gasteiger partial charge in [0.25, 0.3) is 0 Å². The second-order valence-electron chi connectivity index (χ2n) is 5.89. The Kier molecular flexibility index (Phi) is 3.12. The summed E-state index contributed by atoms with van der Waals surface area (Å²) in [6.45, 7) is 0. The van der Waals surface area contributed by atoms with E-state index in [0.29, 0.717) is 12.0 Å². The van der Waals surface area contributed by atoms with Crippen molar-refractivity contribution in [3.63, 3.8) is 0 Å². The Morgan fingerprint density at radius 2 is 2.10 bits per heavy atom. The van der Waals surface area contributed by atoms with Gasteiger partial charge in [0.15, 0.2) is 0 Å². The lowest BCUT2D eigenvalue weighted by Gasteiger charge is -2.20. The third-order valence-electron chi connectivity index (χ3n) is 4.75. The zero-order valence-electron chi connectivity index (χ0n) is 11.9. The minimum Gasteiger partial charge on any atom is -0.312 e. The van der Waals surface area contributed by atoms with Gasteiger partial charge in [-0.05, 0) is 50.3 Å². The predicted molar refractivity (Wildman–Crippen MR) is 83.5 cm³/mol. The summed E-state index contributed by atoms with van der Waals surface area (Å²) in [7, 11) is 2.07. The summed E-state index contributed by atoms with van der Waals surface area (Å²) >= 11 is 1.96. The molecule has 0 spiro atoms. The molecule has 2 unspecified atom stereocenters. The minimum absolute atomic E-state index is 0.529. The number of nitrogens with one attached hydrogen (secondary N) is 1. The molecule has 0 fully saturated rings. The first kappa shape index (κ1) is 12.5. The molecule has 4 rings (SSSR count). The Morgan fingerprint density at radius 3 is 3.00 bits per heavy atom. The van der Waals surface area contributed by atoms with Crippen LogP contribution in [0.4, 0.5) is 0 Å². The topological polar surface area (TPSA) is 24.9 Å². The number of thiazole rings is 1. The minimum atomic E-state index is 0.529. The third kappa shape index (κ3) is 1.92. The molecule has 1 aromatic heterocycles. The van der Waals surface area contributed by atoms with E-state index < -0.39 is 0 Å². The van der Waals surface area contributed by atoms with Crippen LogP contribution >= 0.6 is 11.3 Å². The van der Waals surface area contributed by atoms with Crippen molar-refractivity contribution < 1.29 is 0 Å². The molecule has 1 N–H and O–H groups in total. The van der Waals surface area contributed by atoms with Crippen molar-refractivity contribution >= 4 is 11.3 Å². The van der Waals surface area contributed by atoms with Gasteiger partial charge < -0.3 is 5.32 Å². The van der Waals surface area contributed by atoms with E-state index in [2.05, 4.69) is 36.6 Å². The summed E-state index contributed by atoms with van der Waals surface area (Å²) in [6.07, 6.45) is 6.13. The molecule has 1 heterocycles. The largest absolute Gasteiger partial charge is 0.312 e. The molecule has 0 saturated heterocycles. The van der Waals surface area contributed by atoms with Crippen LogP contribution in [0.15, 0.2) is 24.3 Å².